The van der Waals surface area contributed by atoms with E-state index in [1.807, 2.05) is 0 Å². The van der Waals surface area contributed by atoms with Crippen molar-refractivity contribution in [2.45, 2.75) is 13.8 Å². The van der Waals surface area contributed by atoms with Gasteiger partial charge in [-0.1, -0.05) is 13.8 Å². The molecule has 2 saturated heterocycles. The number of likely N-dealkylation sites (N-methyl/N-ethyl adjacent to an activating group) is 2. The number of carbonyl (C=O) groups is 1. The van der Waals surface area contributed by atoms with E-state index in [1.54, 1.807) is 0 Å². The van der Waals surface area contributed by atoms with Crippen LogP contribution in [0, 0.1) is 0 Å². The highest BCUT2D eigenvalue weighted by Crippen LogP contribution is 1.96. The second-order valence-corrected chi connectivity index (χ2v) is 3.78. The quantitative estimate of drug-likeness (QED) is 0.763. The Bertz CT molecular complexity index is 184. The van der Waals surface area contributed by atoms with Crippen molar-refractivity contribution in [1.29, 1.82) is 0 Å². The molecule has 0 atom stereocenters. The van der Waals surface area contributed by atoms with Gasteiger partial charge in [0.25, 0.3) is 0 Å². The molecule has 0 amide bonds. The van der Waals surface area contributed by atoms with Gasteiger partial charge < -0.3 is 19.7 Å². The maximum absolute atomic E-state index is 8.56. The van der Waals surface area contributed by atoms with Gasteiger partial charge >= 0.3 is 6.16 Å². The Balaban J connectivity index is 0.000000253. The summed E-state index contributed by atoms with van der Waals surface area (Å²) in [6.07, 6.45) is -1.83. The van der Waals surface area contributed by atoms with E-state index in [4.69, 9.17) is 24.5 Å². The number of carboxylic acid groups (broad SMARTS) is 2. The molecule has 0 radical (unpaired) electrons. The lowest BCUT2D eigenvalue weighted by Crippen LogP contribution is -2.18. The summed E-state index contributed by atoms with van der Waals surface area (Å²) in [5.41, 5.74) is 0. The van der Waals surface area contributed by atoms with Crippen molar-refractivity contribution in [3.8, 4) is 0 Å². The van der Waals surface area contributed by atoms with E-state index in [0.29, 0.717) is 0 Å². The fourth-order valence-corrected chi connectivity index (χ4v) is 1.40. The molecule has 2 rings (SSSR count). The SMILES string of the molecule is CCN1CCOC1.CCN1CCOC1.O=C(O)O. The number of rotatable bonds is 2. The molecule has 0 aromatic carbocycles. The molecule has 0 aliphatic carbocycles. The van der Waals surface area contributed by atoms with E-state index in [2.05, 4.69) is 23.6 Å². The zero-order valence-corrected chi connectivity index (χ0v) is 11.2. The molecule has 0 unspecified atom stereocenters. The molecule has 2 aliphatic rings. The first kappa shape index (κ1) is 17.1. The minimum atomic E-state index is -1.83. The zero-order chi connectivity index (χ0) is 13.8. The molecule has 2 heterocycles. The zero-order valence-electron chi connectivity index (χ0n) is 11.2. The molecule has 108 valence electrons. The first-order valence-electron chi connectivity index (χ1n) is 6.12. The summed E-state index contributed by atoms with van der Waals surface area (Å²) in [6, 6.07) is 0. The lowest BCUT2D eigenvalue weighted by atomic mass is 10.6. The van der Waals surface area contributed by atoms with E-state index in [0.717, 1.165) is 52.9 Å². The molecule has 2 fully saturated rings. The second-order valence-electron chi connectivity index (χ2n) is 3.78. The van der Waals surface area contributed by atoms with Crippen LogP contribution in [0.1, 0.15) is 13.8 Å². The maximum Gasteiger partial charge on any atom is 0.503 e. The Labute approximate surface area is 108 Å². The molecule has 0 aromatic heterocycles. The smallest absolute Gasteiger partial charge is 0.450 e. The monoisotopic (exact) mass is 264 g/mol. The van der Waals surface area contributed by atoms with E-state index in [9.17, 15) is 0 Å². The lowest BCUT2D eigenvalue weighted by Gasteiger charge is -2.05. The van der Waals surface area contributed by atoms with Crippen molar-refractivity contribution in [2.75, 3.05) is 52.9 Å². The van der Waals surface area contributed by atoms with Crippen molar-refractivity contribution in [2.24, 2.45) is 0 Å². The Morgan fingerprint density at radius 2 is 1.33 bits per heavy atom. The van der Waals surface area contributed by atoms with Gasteiger partial charge in [-0.15, -0.1) is 0 Å². The van der Waals surface area contributed by atoms with Crippen molar-refractivity contribution in [3.05, 3.63) is 0 Å². The Hall–Kier alpha value is -0.890. The van der Waals surface area contributed by atoms with Gasteiger partial charge in [0, 0.05) is 13.1 Å². The van der Waals surface area contributed by atoms with Crippen LogP contribution in [0.25, 0.3) is 0 Å². The molecular weight excluding hydrogens is 240 g/mol. The van der Waals surface area contributed by atoms with Crippen molar-refractivity contribution >= 4 is 6.16 Å². The van der Waals surface area contributed by atoms with Gasteiger partial charge in [-0.25, -0.2) is 4.79 Å². The van der Waals surface area contributed by atoms with Crippen molar-refractivity contribution in [3.63, 3.8) is 0 Å². The van der Waals surface area contributed by atoms with Crippen molar-refractivity contribution < 1.29 is 24.5 Å². The van der Waals surface area contributed by atoms with Crippen LogP contribution in [0.15, 0.2) is 0 Å². The molecule has 0 saturated carbocycles. The Morgan fingerprint density at radius 1 is 1.00 bits per heavy atom. The normalized spacial score (nSPS) is 19.7. The summed E-state index contributed by atoms with van der Waals surface area (Å²) in [5, 5.41) is 13.9. The van der Waals surface area contributed by atoms with Crippen LogP contribution in [-0.2, 0) is 9.47 Å². The summed E-state index contributed by atoms with van der Waals surface area (Å²) in [5.74, 6) is 0. The molecule has 18 heavy (non-hydrogen) atoms. The highest BCUT2D eigenvalue weighted by molar-refractivity contribution is 5.53. The average molecular weight is 264 g/mol. The van der Waals surface area contributed by atoms with Gasteiger partial charge in [-0.05, 0) is 13.1 Å². The topological polar surface area (TPSA) is 82.5 Å². The van der Waals surface area contributed by atoms with Crippen molar-refractivity contribution in [1.82, 2.24) is 9.80 Å². The molecule has 2 aliphatic heterocycles. The molecule has 7 heteroatoms. The van der Waals surface area contributed by atoms with Gasteiger partial charge in [0.05, 0.1) is 26.7 Å². The summed E-state index contributed by atoms with van der Waals surface area (Å²) in [4.78, 5) is 13.1. The molecule has 2 N–H and O–H groups in total. The van der Waals surface area contributed by atoms with Gasteiger partial charge in [-0.2, -0.15) is 0 Å². The van der Waals surface area contributed by atoms with Gasteiger partial charge in [0.1, 0.15) is 0 Å². The standard InChI is InChI=1S/2C5H11NO.CH2O3/c2*1-2-6-3-4-7-5-6;2-1(3)4/h2*2-5H2,1H3;(H2,2,3,4). The molecule has 0 bridgehead atoms. The minimum Gasteiger partial charge on any atom is -0.450 e. The average Bonchev–Trinajstić information content (AvgIpc) is 3.02. The van der Waals surface area contributed by atoms with Crippen LogP contribution in [0.2, 0.25) is 0 Å². The van der Waals surface area contributed by atoms with Gasteiger partial charge in [0.15, 0.2) is 0 Å². The van der Waals surface area contributed by atoms with E-state index in [-0.39, 0.29) is 0 Å². The summed E-state index contributed by atoms with van der Waals surface area (Å²) < 4.78 is 10.1. The number of hydrogen-bond acceptors (Lipinski definition) is 5. The Morgan fingerprint density at radius 3 is 1.44 bits per heavy atom. The first-order chi connectivity index (χ1) is 8.60. The number of ether oxygens (including phenoxy) is 2. The third-order valence-electron chi connectivity index (χ3n) is 2.55. The highest BCUT2D eigenvalue weighted by atomic mass is 16.6. The van der Waals surface area contributed by atoms with Crippen LogP contribution in [0.3, 0.4) is 0 Å². The lowest BCUT2D eigenvalue weighted by molar-refractivity contribution is 0.137. The summed E-state index contributed by atoms with van der Waals surface area (Å²) >= 11 is 0. The Kier molecular flexibility index (Phi) is 10.7. The van der Waals surface area contributed by atoms with E-state index < -0.39 is 6.16 Å². The second kappa shape index (κ2) is 11.2. The fourth-order valence-electron chi connectivity index (χ4n) is 1.40. The summed E-state index contributed by atoms with van der Waals surface area (Å²) in [7, 11) is 0. The predicted octanol–water partition coefficient (Wildman–Crippen LogP) is 0.814. The highest BCUT2D eigenvalue weighted by Gasteiger charge is 2.07. The van der Waals surface area contributed by atoms with Crippen LogP contribution >= 0.6 is 0 Å². The molecule has 7 nitrogen and oxygen atoms in total. The van der Waals surface area contributed by atoms with E-state index in [1.165, 1.54) is 0 Å². The first-order valence-corrected chi connectivity index (χ1v) is 6.12. The fraction of sp³-hybridized carbons (Fsp3) is 0.909. The van der Waals surface area contributed by atoms with Gasteiger partial charge in [0.2, 0.25) is 0 Å². The number of hydrogen-bond donors (Lipinski definition) is 2. The third-order valence-corrected chi connectivity index (χ3v) is 2.55. The van der Waals surface area contributed by atoms with Crippen LogP contribution < -0.4 is 0 Å². The summed E-state index contributed by atoms with van der Waals surface area (Å²) in [6.45, 7) is 12.3. The third kappa shape index (κ3) is 10.3. The largest absolute Gasteiger partial charge is 0.503 e. The van der Waals surface area contributed by atoms with Crippen LogP contribution in [0.4, 0.5) is 4.79 Å². The number of nitrogens with zero attached hydrogens (tertiary/aromatic N) is 2. The van der Waals surface area contributed by atoms with E-state index >= 15 is 0 Å². The predicted molar refractivity (Wildman–Crippen MR) is 66.8 cm³/mol. The van der Waals surface area contributed by atoms with Gasteiger partial charge in [-0.3, -0.25) is 9.80 Å². The molecule has 0 aromatic rings. The molecular formula is C11H24N2O5. The maximum atomic E-state index is 8.56. The van der Waals surface area contributed by atoms with Crippen LogP contribution in [0.5, 0.6) is 0 Å². The van der Waals surface area contributed by atoms with Crippen LogP contribution in [-0.4, -0.2) is 79.0 Å². The minimum absolute atomic E-state index is 0.844. The molecule has 0 spiro atoms.